The Kier molecular flexibility index (Phi) is 13.1. The number of nitrogens with zero attached hydrogens (tertiary/aromatic N) is 1. The van der Waals surface area contributed by atoms with E-state index in [2.05, 4.69) is 21.9 Å². The van der Waals surface area contributed by atoms with E-state index in [1.807, 2.05) is 18.7 Å². The molecule has 132 valence electrons. The summed E-state index contributed by atoms with van der Waals surface area (Å²) in [6, 6.07) is 5.17. The molecule has 0 spiro atoms. The number of halogens is 1. The van der Waals surface area contributed by atoms with Crippen molar-refractivity contribution in [3.05, 3.63) is 23.8 Å². The number of hydrogen-bond donors (Lipinski definition) is 3. The van der Waals surface area contributed by atoms with Gasteiger partial charge in [-0.1, -0.05) is 0 Å². The third-order valence-electron chi connectivity index (χ3n) is 3.11. The van der Waals surface area contributed by atoms with Gasteiger partial charge < -0.3 is 20.5 Å². The van der Waals surface area contributed by atoms with Crippen molar-refractivity contribution in [1.82, 2.24) is 10.6 Å². The Morgan fingerprint density at radius 1 is 1.30 bits per heavy atom. The van der Waals surface area contributed by atoms with Crippen LogP contribution >= 0.6 is 35.7 Å². The fourth-order valence-electron chi connectivity index (χ4n) is 1.90. The second-order valence-corrected chi connectivity index (χ2v) is 5.80. The van der Waals surface area contributed by atoms with Crippen molar-refractivity contribution < 1.29 is 9.84 Å². The molecule has 1 aromatic rings. The van der Waals surface area contributed by atoms with Crippen LogP contribution in [-0.2, 0) is 6.54 Å². The number of phenolic OH excluding ortho intramolecular Hbond substituents is 1. The van der Waals surface area contributed by atoms with Crippen LogP contribution in [0.25, 0.3) is 0 Å². The maximum absolute atomic E-state index is 9.88. The lowest BCUT2D eigenvalue weighted by Gasteiger charge is -2.11. The lowest BCUT2D eigenvalue weighted by molar-refractivity contribution is 0.411. The molecule has 0 fully saturated rings. The molecule has 1 rings (SSSR count). The Balaban J connectivity index is 0.00000484. The van der Waals surface area contributed by atoms with E-state index in [9.17, 15) is 5.11 Å². The lowest BCUT2D eigenvalue weighted by atomic mass is 10.2. The molecule has 5 nitrogen and oxygen atoms in total. The zero-order chi connectivity index (χ0) is 16.2. The molecular weight excluding hydrogens is 425 g/mol. The predicted molar refractivity (Wildman–Crippen MR) is 111 cm³/mol. The SMILES string of the molecule is CCNC(=NCc1cc(OC)ccc1O)NCCCCSC.I. The molecular formula is C16H28IN3O2S. The fourth-order valence-corrected chi connectivity index (χ4v) is 2.39. The average molecular weight is 453 g/mol. The number of phenols is 1. The molecule has 0 unspecified atom stereocenters. The van der Waals surface area contributed by atoms with Crippen LogP contribution in [0.2, 0.25) is 0 Å². The number of rotatable bonds is 9. The van der Waals surface area contributed by atoms with Crippen LogP contribution in [0.5, 0.6) is 11.5 Å². The summed E-state index contributed by atoms with van der Waals surface area (Å²) in [5.41, 5.74) is 0.749. The zero-order valence-corrected chi connectivity index (χ0v) is 17.2. The van der Waals surface area contributed by atoms with Gasteiger partial charge in [0.2, 0.25) is 0 Å². The van der Waals surface area contributed by atoms with Crippen molar-refractivity contribution in [2.75, 3.05) is 32.2 Å². The Morgan fingerprint density at radius 3 is 2.74 bits per heavy atom. The Hall–Kier alpha value is -0.830. The van der Waals surface area contributed by atoms with Gasteiger partial charge in [-0.25, -0.2) is 4.99 Å². The summed E-state index contributed by atoms with van der Waals surface area (Å²) < 4.78 is 5.17. The summed E-state index contributed by atoms with van der Waals surface area (Å²) in [5.74, 6) is 2.92. The van der Waals surface area contributed by atoms with E-state index in [1.165, 1.54) is 12.2 Å². The first kappa shape index (κ1) is 22.2. The van der Waals surface area contributed by atoms with Gasteiger partial charge in [0.15, 0.2) is 5.96 Å². The molecule has 0 saturated heterocycles. The van der Waals surface area contributed by atoms with Gasteiger partial charge >= 0.3 is 0 Å². The molecule has 0 radical (unpaired) electrons. The van der Waals surface area contributed by atoms with Gasteiger partial charge in [0.1, 0.15) is 11.5 Å². The number of ether oxygens (including phenoxy) is 1. The first-order valence-electron chi connectivity index (χ1n) is 7.58. The first-order chi connectivity index (χ1) is 10.7. The van der Waals surface area contributed by atoms with Crippen LogP contribution in [0, 0.1) is 0 Å². The molecule has 3 N–H and O–H groups in total. The maximum atomic E-state index is 9.88. The Labute approximate surface area is 160 Å². The third kappa shape index (κ3) is 9.14. The summed E-state index contributed by atoms with van der Waals surface area (Å²) >= 11 is 1.87. The summed E-state index contributed by atoms with van der Waals surface area (Å²) in [7, 11) is 1.61. The highest BCUT2D eigenvalue weighted by molar-refractivity contribution is 14.0. The Bertz CT molecular complexity index is 473. The van der Waals surface area contributed by atoms with Gasteiger partial charge in [-0.15, -0.1) is 24.0 Å². The molecule has 0 bridgehead atoms. The van der Waals surface area contributed by atoms with Gasteiger partial charge in [0, 0.05) is 18.7 Å². The van der Waals surface area contributed by atoms with E-state index in [0.717, 1.165) is 36.8 Å². The van der Waals surface area contributed by atoms with Crippen LogP contribution in [0.3, 0.4) is 0 Å². The molecule has 0 aliphatic carbocycles. The number of nitrogens with one attached hydrogen (secondary N) is 2. The van der Waals surface area contributed by atoms with E-state index < -0.39 is 0 Å². The monoisotopic (exact) mass is 453 g/mol. The van der Waals surface area contributed by atoms with Crippen LogP contribution in [0.4, 0.5) is 0 Å². The summed E-state index contributed by atoms with van der Waals surface area (Å²) in [6.45, 7) is 4.15. The van der Waals surface area contributed by atoms with Crippen LogP contribution in [0.1, 0.15) is 25.3 Å². The van der Waals surface area contributed by atoms with Gasteiger partial charge in [-0.2, -0.15) is 11.8 Å². The van der Waals surface area contributed by atoms with Gasteiger partial charge in [0.25, 0.3) is 0 Å². The molecule has 0 aromatic heterocycles. The third-order valence-corrected chi connectivity index (χ3v) is 3.80. The number of guanidine groups is 1. The minimum atomic E-state index is 0. The van der Waals surface area contributed by atoms with Crippen molar-refractivity contribution in [3.8, 4) is 11.5 Å². The van der Waals surface area contributed by atoms with E-state index in [1.54, 1.807) is 25.3 Å². The number of hydrogen-bond acceptors (Lipinski definition) is 4. The number of unbranched alkanes of at least 4 members (excludes halogenated alkanes) is 1. The highest BCUT2D eigenvalue weighted by Crippen LogP contribution is 2.23. The minimum absolute atomic E-state index is 0. The van der Waals surface area contributed by atoms with Gasteiger partial charge in [0.05, 0.1) is 13.7 Å². The largest absolute Gasteiger partial charge is 0.508 e. The fraction of sp³-hybridized carbons (Fsp3) is 0.562. The number of methoxy groups -OCH3 is 1. The average Bonchev–Trinajstić information content (AvgIpc) is 2.53. The van der Waals surface area contributed by atoms with Gasteiger partial charge in [-0.3, -0.25) is 0 Å². The van der Waals surface area contributed by atoms with Crippen LogP contribution in [0.15, 0.2) is 23.2 Å². The zero-order valence-electron chi connectivity index (χ0n) is 14.1. The highest BCUT2D eigenvalue weighted by Gasteiger charge is 2.04. The number of aliphatic imine (C=N–C) groups is 1. The molecule has 0 aliphatic rings. The maximum Gasteiger partial charge on any atom is 0.191 e. The topological polar surface area (TPSA) is 65.9 Å². The normalized spacial score (nSPS) is 10.8. The molecule has 1 aromatic carbocycles. The molecule has 0 heterocycles. The van der Waals surface area contributed by atoms with Crippen molar-refractivity contribution in [3.63, 3.8) is 0 Å². The summed E-state index contributed by atoms with van der Waals surface area (Å²) in [4.78, 5) is 4.51. The quantitative estimate of drug-likeness (QED) is 0.232. The van der Waals surface area contributed by atoms with E-state index >= 15 is 0 Å². The van der Waals surface area contributed by atoms with Crippen molar-refractivity contribution >= 4 is 41.7 Å². The van der Waals surface area contributed by atoms with Crippen LogP contribution < -0.4 is 15.4 Å². The molecule has 0 atom stereocenters. The van der Waals surface area contributed by atoms with E-state index in [0.29, 0.717) is 6.54 Å². The van der Waals surface area contributed by atoms with Crippen molar-refractivity contribution in [2.45, 2.75) is 26.3 Å². The highest BCUT2D eigenvalue weighted by atomic mass is 127. The van der Waals surface area contributed by atoms with E-state index in [-0.39, 0.29) is 29.7 Å². The summed E-state index contributed by atoms with van der Waals surface area (Å²) in [5, 5.41) is 16.4. The Morgan fingerprint density at radius 2 is 2.09 bits per heavy atom. The second-order valence-electron chi connectivity index (χ2n) is 4.82. The molecule has 0 saturated carbocycles. The van der Waals surface area contributed by atoms with E-state index in [4.69, 9.17) is 4.74 Å². The lowest BCUT2D eigenvalue weighted by Crippen LogP contribution is -2.37. The van der Waals surface area contributed by atoms with Crippen LogP contribution in [-0.4, -0.2) is 43.3 Å². The molecule has 23 heavy (non-hydrogen) atoms. The summed E-state index contributed by atoms with van der Waals surface area (Å²) in [6.07, 6.45) is 4.44. The van der Waals surface area contributed by atoms with Crippen molar-refractivity contribution in [1.29, 1.82) is 0 Å². The van der Waals surface area contributed by atoms with Gasteiger partial charge in [-0.05, 0) is 50.0 Å². The van der Waals surface area contributed by atoms with Crippen molar-refractivity contribution in [2.24, 2.45) is 4.99 Å². The molecule has 0 amide bonds. The molecule has 7 heteroatoms. The first-order valence-corrected chi connectivity index (χ1v) is 8.97. The number of benzene rings is 1. The minimum Gasteiger partial charge on any atom is -0.508 e. The smallest absolute Gasteiger partial charge is 0.191 e. The molecule has 0 aliphatic heterocycles. The predicted octanol–water partition coefficient (Wildman–Crippen LogP) is 3.22. The number of aromatic hydroxyl groups is 1. The standard InChI is InChI=1S/C16H27N3O2S.HI/c1-4-17-16(18-9-5-6-10-22-3)19-12-13-11-14(21-2)7-8-15(13)20;/h7-8,11,20H,4-6,9-10,12H2,1-3H3,(H2,17,18,19);1H. The number of thioether (sulfide) groups is 1. The second kappa shape index (κ2) is 13.6.